The SMILES string of the molecule is CN(CCC(=O)O)C(=O)Nc1ccc(-c2csc(C(F)(F)F)n2)cc1. The molecule has 0 aliphatic carbocycles. The molecule has 0 spiro atoms. The van der Waals surface area contributed by atoms with Gasteiger partial charge in [0.1, 0.15) is 0 Å². The zero-order chi connectivity index (χ0) is 18.6. The van der Waals surface area contributed by atoms with Crippen LogP contribution in [0, 0.1) is 0 Å². The van der Waals surface area contributed by atoms with E-state index in [2.05, 4.69) is 10.3 Å². The molecule has 0 saturated heterocycles. The lowest BCUT2D eigenvalue weighted by molar-refractivity contribution is -0.138. The minimum atomic E-state index is -4.47. The van der Waals surface area contributed by atoms with Crippen molar-refractivity contribution in [1.29, 1.82) is 0 Å². The van der Waals surface area contributed by atoms with Gasteiger partial charge in [-0.25, -0.2) is 9.78 Å². The molecular weight excluding hydrogens is 359 g/mol. The van der Waals surface area contributed by atoms with Crippen molar-refractivity contribution >= 4 is 29.0 Å². The largest absolute Gasteiger partial charge is 0.481 e. The van der Waals surface area contributed by atoms with Gasteiger partial charge in [-0.1, -0.05) is 12.1 Å². The lowest BCUT2D eigenvalue weighted by Crippen LogP contribution is -2.33. The van der Waals surface area contributed by atoms with Gasteiger partial charge < -0.3 is 15.3 Å². The van der Waals surface area contributed by atoms with Crippen LogP contribution in [0.25, 0.3) is 11.3 Å². The first-order valence-corrected chi connectivity index (χ1v) is 7.92. The number of hydrogen-bond donors (Lipinski definition) is 2. The third kappa shape index (κ3) is 5.18. The molecule has 0 fully saturated rings. The maximum Gasteiger partial charge on any atom is 0.443 e. The number of carbonyl (C=O) groups excluding carboxylic acids is 1. The number of aliphatic carboxylic acids is 1. The van der Waals surface area contributed by atoms with E-state index in [9.17, 15) is 22.8 Å². The van der Waals surface area contributed by atoms with Crippen molar-refractivity contribution in [2.45, 2.75) is 12.6 Å². The average Bonchev–Trinajstić information content (AvgIpc) is 3.03. The summed E-state index contributed by atoms with van der Waals surface area (Å²) >= 11 is 0.517. The van der Waals surface area contributed by atoms with Gasteiger partial charge in [-0.3, -0.25) is 4.79 Å². The summed E-state index contributed by atoms with van der Waals surface area (Å²) in [7, 11) is 1.46. The van der Waals surface area contributed by atoms with E-state index in [0.29, 0.717) is 22.6 Å². The molecule has 6 nitrogen and oxygen atoms in total. The molecule has 2 N–H and O–H groups in total. The highest BCUT2D eigenvalue weighted by atomic mass is 32.1. The summed E-state index contributed by atoms with van der Waals surface area (Å²) in [6, 6.07) is 5.67. The van der Waals surface area contributed by atoms with Crippen molar-refractivity contribution in [1.82, 2.24) is 9.88 Å². The maximum absolute atomic E-state index is 12.6. The van der Waals surface area contributed by atoms with Crippen molar-refractivity contribution in [2.75, 3.05) is 18.9 Å². The zero-order valence-electron chi connectivity index (χ0n) is 13.0. The van der Waals surface area contributed by atoms with Crippen molar-refractivity contribution in [3.05, 3.63) is 34.7 Å². The molecule has 2 aromatic rings. The molecule has 2 amide bonds. The first-order valence-electron chi connectivity index (χ1n) is 7.04. The van der Waals surface area contributed by atoms with Crippen LogP contribution in [0.15, 0.2) is 29.6 Å². The van der Waals surface area contributed by atoms with Gasteiger partial charge in [0.2, 0.25) is 0 Å². The molecule has 10 heteroatoms. The number of urea groups is 1. The Bertz CT molecular complexity index is 759. The molecular formula is C15H14F3N3O3S. The molecule has 25 heavy (non-hydrogen) atoms. The predicted molar refractivity (Wildman–Crippen MR) is 86.5 cm³/mol. The molecule has 0 unspecified atom stereocenters. The highest BCUT2D eigenvalue weighted by Gasteiger charge is 2.34. The Morgan fingerprint density at radius 2 is 1.92 bits per heavy atom. The Kier molecular flexibility index (Phi) is 5.62. The van der Waals surface area contributed by atoms with Crippen LogP contribution in [0.4, 0.5) is 23.7 Å². The topological polar surface area (TPSA) is 82.5 Å². The lowest BCUT2D eigenvalue weighted by atomic mass is 10.1. The number of rotatable bonds is 5. The van der Waals surface area contributed by atoms with Crippen LogP contribution in [0.2, 0.25) is 0 Å². The monoisotopic (exact) mass is 373 g/mol. The molecule has 0 bridgehead atoms. The fourth-order valence-electron chi connectivity index (χ4n) is 1.84. The number of hydrogen-bond acceptors (Lipinski definition) is 4. The van der Waals surface area contributed by atoms with E-state index in [4.69, 9.17) is 5.11 Å². The molecule has 0 saturated carbocycles. The number of nitrogens with zero attached hydrogens (tertiary/aromatic N) is 2. The van der Waals surface area contributed by atoms with E-state index in [1.165, 1.54) is 29.5 Å². The molecule has 1 aromatic carbocycles. The Labute approximate surface area is 144 Å². The average molecular weight is 373 g/mol. The number of halogens is 3. The normalized spacial score (nSPS) is 11.2. The Morgan fingerprint density at radius 1 is 1.28 bits per heavy atom. The van der Waals surface area contributed by atoms with Crippen LogP contribution in [0.5, 0.6) is 0 Å². The first kappa shape index (κ1) is 18.7. The molecule has 0 aliphatic heterocycles. The van der Waals surface area contributed by atoms with E-state index in [-0.39, 0.29) is 18.7 Å². The molecule has 0 aliphatic rings. The summed E-state index contributed by atoms with van der Waals surface area (Å²) in [6.07, 6.45) is -4.65. The second-order valence-corrected chi connectivity index (χ2v) is 5.97. The third-order valence-electron chi connectivity index (χ3n) is 3.19. The van der Waals surface area contributed by atoms with Gasteiger partial charge in [-0.05, 0) is 12.1 Å². The van der Waals surface area contributed by atoms with Crippen molar-refractivity contribution in [2.24, 2.45) is 0 Å². The van der Waals surface area contributed by atoms with Gasteiger partial charge >= 0.3 is 18.2 Å². The Hall–Kier alpha value is -2.62. The van der Waals surface area contributed by atoms with E-state index in [0.717, 1.165) is 0 Å². The van der Waals surface area contributed by atoms with Crippen LogP contribution in [0.3, 0.4) is 0 Å². The van der Waals surface area contributed by atoms with Gasteiger partial charge in [-0.2, -0.15) is 13.2 Å². The summed E-state index contributed by atoms with van der Waals surface area (Å²) < 4.78 is 37.7. The van der Waals surface area contributed by atoms with Crippen LogP contribution >= 0.6 is 11.3 Å². The number of amides is 2. The second-order valence-electron chi connectivity index (χ2n) is 5.11. The molecule has 2 rings (SSSR count). The van der Waals surface area contributed by atoms with Crippen LogP contribution in [-0.2, 0) is 11.0 Å². The third-order valence-corrected chi connectivity index (χ3v) is 4.07. The number of aromatic nitrogens is 1. The smallest absolute Gasteiger partial charge is 0.443 e. The van der Waals surface area contributed by atoms with E-state index in [1.54, 1.807) is 12.1 Å². The van der Waals surface area contributed by atoms with Crippen molar-refractivity contribution in [3.63, 3.8) is 0 Å². The summed E-state index contributed by atoms with van der Waals surface area (Å²) in [4.78, 5) is 27.1. The highest BCUT2D eigenvalue weighted by Crippen LogP contribution is 2.34. The standard InChI is InChI=1S/C15H14F3N3O3S/c1-21(7-6-12(22)23)14(24)19-10-4-2-9(3-5-10)11-8-25-13(20-11)15(16,17)18/h2-5,8H,6-7H2,1H3,(H,19,24)(H,22,23). The molecule has 1 aromatic heterocycles. The highest BCUT2D eigenvalue weighted by molar-refractivity contribution is 7.10. The fourth-order valence-corrected chi connectivity index (χ4v) is 2.54. The van der Waals surface area contributed by atoms with Gasteiger partial charge in [0.15, 0.2) is 5.01 Å². The number of alkyl halides is 3. The lowest BCUT2D eigenvalue weighted by Gasteiger charge is -2.17. The quantitative estimate of drug-likeness (QED) is 0.836. The first-order chi connectivity index (χ1) is 11.7. The summed E-state index contributed by atoms with van der Waals surface area (Å²) in [5.41, 5.74) is 1.12. The number of carboxylic acids is 1. The number of anilines is 1. The van der Waals surface area contributed by atoms with Crippen LogP contribution in [0.1, 0.15) is 11.4 Å². The van der Waals surface area contributed by atoms with Gasteiger partial charge in [0.05, 0.1) is 12.1 Å². The Morgan fingerprint density at radius 3 is 2.44 bits per heavy atom. The summed E-state index contributed by atoms with van der Waals surface area (Å²) in [6.45, 7) is 0.0539. The minimum Gasteiger partial charge on any atom is -0.481 e. The molecule has 0 radical (unpaired) electrons. The molecule has 134 valence electrons. The zero-order valence-corrected chi connectivity index (χ0v) is 13.8. The predicted octanol–water partition coefficient (Wildman–Crippen LogP) is 3.77. The number of benzene rings is 1. The molecule has 1 heterocycles. The molecule has 0 atom stereocenters. The minimum absolute atomic E-state index is 0.0539. The van der Waals surface area contributed by atoms with Gasteiger partial charge in [0.25, 0.3) is 0 Å². The number of carboxylic acid groups (broad SMARTS) is 1. The van der Waals surface area contributed by atoms with Gasteiger partial charge in [-0.15, -0.1) is 11.3 Å². The van der Waals surface area contributed by atoms with Crippen LogP contribution < -0.4 is 5.32 Å². The number of carbonyl (C=O) groups is 2. The second kappa shape index (κ2) is 7.51. The summed E-state index contributed by atoms with van der Waals surface area (Å²) in [5, 5.41) is 11.6. The fraction of sp³-hybridized carbons (Fsp3) is 0.267. The van der Waals surface area contributed by atoms with E-state index in [1.807, 2.05) is 0 Å². The summed E-state index contributed by atoms with van der Waals surface area (Å²) in [5.74, 6) is -1.01. The van der Waals surface area contributed by atoms with Gasteiger partial charge in [0, 0.05) is 30.2 Å². The van der Waals surface area contributed by atoms with E-state index >= 15 is 0 Å². The van der Waals surface area contributed by atoms with Crippen molar-refractivity contribution < 1.29 is 27.9 Å². The number of nitrogens with one attached hydrogen (secondary N) is 1. The van der Waals surface area contributed by atoms with E-state index < -0.39 is 23.2 Å². The number of thiazole rings is 1. The van der Waals surface area contributed by atoms with Crippen molar-refractivity contribution in [3.8, 4) is 11.3 Å². The Balaban J connectivity index is 2.01. The maximum atomic E-state index is 12.6. The van der Waals surface area contributed by atoms with Crippen LogP contribution in [-0.4, -0.2) is 40.6 Å².